The average Bonchev–Trinajstić information content (AvgIpc) is 3.33. The summed E-state index contributed by atoms with van der Waals surface area (Å²) in [6.07, 6.45) is 1.33. The first-order chi connectivity index (χ1) is 16.4. The fourth-order valence-electron chi connectivity index (χ4n) is 5.25. The zero-order chi connectivity index (χ0) is 24.5. The lowest BCUT2D eigenvalue weighted by Gasteiger charge is -2.32. The summed E-state index contributed by atoms with van der Waals surface area (Å²) in [5, 5.41) is 3.95. The number of nitrogens with zero attached hydrogens (tertiary/aromatic N) is 1. The molecule has 1 N–H and O–H groups in total. The number of methoxy groups -OCH3 is 1. The van der Waals surface area contributed by atoms with Crippen LogP contribution in [0.4, 0.5) is 0 Å². The number of benzene rings is 2. The van der Waals surface area contributed by atoms with Crippen LogP contribution in [0.15, 0.2) is 59.5 Å². The van der Waals surface area contributed by atoms with Gasteiger partial charge in [0.25, 0.3) is 0 Å². The van der Waals surface area contributed by atoms with E-state index in [1.807, 2.05) is 42.5 Å². The Morgan fingerprint density at radius 2 is 1.76 bits per heavy atom. The zero-order valence-corrected chi connectivity index (χ0v) is 20.9. The second-order valence-electron chi connectivity index (χ2n) is 9.08. The fraction of sp³-hybridized carbons (Fsp3) is 0.444. The number of imide groups is 1. The molecule has 2 heterocycles. The van der Waals surface area contributed by atoms with Crippen LogP contribution >= 0.6 is 11.8 Å². The highest BCUT2D eigenvalue weighted by molar-refractivity contribution is 7.99. The second kappa shape index (κ2) is 9.92. The van der Waals surface area contributed by atoms with Gasteiger partial charge in [0, 0.05) is 29.2 Å². The van der Waals surface area contributed by atoms with Gasteiger partial charge < -0.3 is 4.74 Å². The van der Waals surface area contributed by atoms with Crippen LogP contribution in [0.2, 0.25) is 0 Å². The topological polar surface area (TPSA) is 75.7 Å². The van der Waals surface area contributed by atoms with Crippen molar-refractivity contribution in [3.05, 3.63) is 65.7 Å². The molecule has 1 unspecified atom stereocenters. The number of nitrogens with one attached hydrogen (secondary N) is 1. The first kappa shape index (κ1) is 24.5. The smallest absolute Gasteiger partial charge is 0.327 e. The van der Waals surface area contributed by atoms with Gasteiger partial charge in [-0.15, -0.1) is 11.8 Å². The molecule has 0 spiro atoms. The minimum Gasteiger partial charge on any atom is -0.468 e. The van der Waals surface area contributed by atoms with Crippen molar-refractivity contribution in [2.75, 3.05) is 13.7 Å². The number of rotatable bonds is 8. The molecule has 34 heavy (non-hydrogen) atoms. The molecular weight excluding hydrogens is 448 g/mol. The molecule has 2 amide bonds. The Morgan fingerprint density at radius 3 is 2.35 bits per heavy atom. The predicted molar refractivity (Wildman–Crippen MR) is 132 cm³/mol. The van der Waals surface area contributed by atoms with E-state index in [4.69, 9.17) is 4.74 Å². The van der Waals surface area contributed by atoms with Gasteiger partial charge in [0.15, 0.2) is 0 Å². The van der Waals surface area contributed by atoms with Gasteiger partial charge in [-0.1, -0.05) is 56.3 Å². The molecule has 0 aromatic heterocycles. The SMILES string of the molecule is CCC(C)Sc1ccc([C@H]2N[C@@](Cc3ccccc3)(C(=O)OC)[C@H]3C(=O)N(CC)C(=O)[C@@H]23)cc1. The highest BCUT2D eigenvalue weighted by atomic mass is 32.2. The number of likely N-dealkylation sites (tertiary alicyclic amines) is 1. The Morgan fingerprint density at radius 1 is 1.09 bits per heavy atom. The van der Waals surface area contributed by atoms with E-state index in [9.17, 15) is 14.4 Å². The molecule has 2 aliphatic rings. The summed E-state index contributed by atoms with van der Waals surface area (Å²) in [4.78, 5) is 42.7. The van der Waals surface area contributed by atoms with Crippen molar-refractivity contribution in [3.8, 4) is 0 Å². The number of thioether (sulfide) groups is 1. The summed E-state index contributed by atoms with van der Waals surface area (Å²) >= 11 is 1.81. The molecule has 0 saturated carbocycles. The van der Waals surface area contributed by atoms with E-state index >= 15 is 0 Å². The lowest BCUT2D eigenvalue weighted by atomic mass is 9.76. The Kier molecular flexibility index (Phi) is 7.14. The number of ether oxygens (including phenoxy) is 1. The maximum Gasteiger partial charge on any atom is 0.327 e. The average molecular weight is 481 g/mol. The Hall–Kier alpha value is -2.64. The van der Waals surface area contributed by atoms with E-state index in [0.29, 0.717) is 5.25 Å². The minimum absolute atomic E-state index is 0.230. The third kappa shape index (κ3) is 4.16. The maximum atomic E-state index is 13.5. The van der Waals surface area contributed by atoms with Crippen LogP contribution in [0.1, 0.15) is 44.4 Å². The summed E-state index contributed by atoms with van der Waals surface area (Å²) in [5.41, 5.74) is 0.462. The number of carbonyl (C=O) groups is 3. The second-order valence-corrected chi connectivity index (χ2v) is 10.6. The van der Waals surface area contributed by atoms with E-state index in [1.165, 1.54) is 12.0 Å². The quantitative estimate of drug-likeness (QED) is 0.350. The molecule has 2 aromatic rings. The molecule has 4 rings (SSSR count). The standard InChI is InChI=1S/C27H32N2O4S/c1-5-17(3)34-20-14-12-19(13-15-20)23-21-22(25(31)29(6-2)24(21)30)27(28-23,26(32)33-4)16-18-10-8-7-9-11-18/h7-15,17,21-23,28H,5-6,16H2,1-4H3/t17?,21-,22-,23-,27-/m1/s1. The molecule has 2 aromatic carbocycles. The third-order valence-electron chi connectivity index (χ3n) is 7.09. The first-order valence-corrected chi connectivity index (χ1v) is 12.8. The molecule has 0 aliphatic carbocycles. The summed E-state index contributed by atoms with van der Waals surface area (Å²) in [5.74, 6) is -2.54. The van der Waals surface area contributed by atoms with Crippen LogP contribution in [0, 0.1) is 11.8 Å². The van der Waals surface area contributed by atoms with Crippen LogP contribution in [-0.2, 0) is 25.5 Å². The first-order valence-electron chi connectivity index (χ1n) is 11.9. The van der Waals surface area contributed by atoms with Gasteiger partial charge in [-0.3, -0.25) is 24.6 Å². The van der Waals surface area contributed by atoms with E-state index in [0.717, 1.165) is 22.4 Å². The summed E-state index contributed by atoms with van der Waals surface area (Å²) < 4.78 is 5.24. The minimum atomic E-state index is -1.33. The maximum absolute atomic E-state index is 13.5. The molecule has 180 valence electrons. The van der Waals surface area contributed by atoms with E-state index in [1.54, 1.807) is 18.7 Å². The molecule has 6 nitrogen and oxygen atoms in total. The molecule has 0 radical (unpaired) electrons. The van der Waals surface area contributed by atoms with Gasteiger partial charge in [-0.2, -0.15) is 0 Å². The highest BCUT2D eigenvalue weighted by Crippen LogP contribution is 2.50. The molecule has 0 bridgehead atoms. The number of fused-ring (bicyclic) bond motifs is 1. The van der Waals surface area contributed by atoms with Crippen molar-refractivity contribution >= 4 is 29.5 Å². The molecule has 2 fully saturated rings. The van der Waals surface area contributed by atoms with Crippen molar-refractivity contribution in [2.45, 2.75) is 55.3 Å². The van der Waals surface area contributed by atoms with Gasteiger partial charge in [-0.05, 0) is 36.6 Å². The molecule has 2 saturated heterocycles. The van der Waals surface area contributed by atoms with Crippen molar-refractivity contribution in [2.24, 2.45) is 11.8 Å². The van der Waals surface area contributed by atoms with Crippen LogP contribution in [0.3, 0.4) is 0 Å². The van der Waals surface area contributed by atoms with Crippen LogP contribution in [0.5, 0.6) is 0 Å². The summed E-state index contributed by atoms with van der Waals surface area (Å²) in [6, 6.07) is 17.2. The number of hydrogen-bond acceptors (Lipinski definition) is 6. The van der Waals surface area contributed by atoms with Crippen LogP contribution in [0.25, 0.3) is 0 Å². The summed E-state index contributed by atoms with van der Waals surface area (Å²) in [6.45, 7) is 6.43. The van der Waals surface area contributed by atoms with Crippen molar-refractivity contribution in [1.29, 1.82) is 0 Å². The molecule has 5 atom stereocenters. The van der Waals surface area contributed by atoms with E-state index < -0.39 is 29.4 Å². The highest BCUT2D eigenvalue weighted by Gasteiger charge is 2.68. The monoisotopic (exact) mass is 480 g/mol. The fourth-order valence-corrected chi connectivity index (χ4v) is 6.18. The Bertz CT molecular complexity index is 1060. The molecule has 2 aliphatic heterocycles. The largest absolute Gasteiger partial charge is 0.468 e. The van der Waals surface area contributed by atoms with Gasteiger partial charge in [-0.25, -0.2) is 0 Å². The number of esters is 1. The number of amides is 2. The van der Waals surface area contributed by atoms with Gasteiger partial charge >= 0.3 is 5.97 Å². The predicted octanol–water partition coefficient (Wildman–Crippen LogP) is 4.00. The summed E-state index contributed by atoms with van der Waals surface area (Å²) in [7, 11) is 1.33. The van der Waals surface area contributed by atoms with Crippen LogP contribution in [-0.4, -0.2) is 47.1 Å². The number of hydrogen-bond donors (Lipinski definition) is 1. The van der Waals surface area contributed by atoms with Crippen molar-refractivity contribution in [3.63, 3.8) is 0 Å². The van der Waals surface area contributed by atoms with Crippen LogP contribution < -0.4 is 5.32 Å². The van der Waals surface area contributed by atoms with Gasteiger partial charge in [0.05, 0.1) is 18.9 Å². The Balaban J connectivity index is 1.77. The lowest BCUT2D eigenvalue weighted by molar-refractivity contribution is -0.154. The van der Waals surface area contributed by atoms with E-state index in [2.05, 4.69) is 31.3 Å². The van der Waals surface area contributed by atoms with Crippen molar-refractivity contribution in [1.82, 2.24) is 10.2 Å². The van der Waals surface area contributed by atoms with E-state index in [-0.39, 0.29) is 24.8 Å². The van der Waals surface area contributed by atoms with Gasteiger partial charge in [0.1, 0.15) is 5.54 Å². The third-order valence-corrected chi connectivity index (χ3v) is 8.37. The van der Waals surface area contributed by atoms with Gasteiger partial charge in [0.2, 0.25) is 11.8 Å². The normalized spacial score (nSPS) is 27.1. The molecular formula is C27H32N2O4S. The van der Waals surface area contributed by atoms with Crippen molar-refractivity contribution < 1.29 is 19.1 Å². The zero-order valence-electron chi connectivity index (χ0n) is 20.1. The lowest BCUT2D eigenvalue weighted by Crippen LogP contribution is -2.57. The number of carbonyl (C=O) groups excluding carboxylic acids is 3. The Labute approximate surface area is 205 Å². The molecule has 7 heteroatoms.